The molecule has 0 aromatic rings. The van der Waals surface area contributed by atoms with Gasteiger partial charge in [-0.1, -0.05) is 19.8 Å². The van der Waals surface area contributed by atoms with Gasteiger partial charge in [0.15, 0.2) is 0 Å². The average Bonchev–Trinajstić information content (AvgIpc) is 1.92. The molecule has 0 saturated carbocycles. The molecule has 0 bridgehead atoms. The summed E-state index contributed by atoms with van der Waals surface area (Å²) in [6, 6.07) is 0. The van der Waals surface area contributed by atoms with E-state index in [1.165, 1.54) is 0 Å². The van der Waals surface area contributed by atoms with Crippen LogP contribution in [0.15, 0.2) is 0 Å². The second kappa shape index (κ2) is 16.6. The summed E-state index contributed by atoms with van der Waals surface area (Å²) in [5.41, 5.74) is 0. The number of carboxylic acid groups (broad SMARTS) is 1. The maximum Gasteiger partial charge on any atom is 0.303 e. The Morgan fingerprint density at radius 2 is 1.82 bits per heavy atom. The molecule has 3 heteroatoms. The Labute approximate surface area is 81.3 Å². The smallest absolute Gasteiger partial charge is 0.303 e. The molecule has 0 unspecified atom stereocenters. The Morgan fingerprint density at radius 1 is 1.36 bits per heavy atom. The van der Waals surface area contributed by atoms with E-state index in [1.54, 1.807) is 6.92 Å². The van der Waals surface area contributed by atoms with Crippen molar-refractivity contribution in [3.63, 3.8) is 0 Å². The molecule has 0 spiro atoms. The molecule has 0 fully saturated rings. The summed E-state index contributed by atoms with van der Waals surface area (Å²) in [7, 11) is 0. The summed E-state index contributed by atoms with van der Waals surface area (Å²) in [5, 5.41) is 8.14. The largest absolute Gasteiger partial charge is 0.481 e. The minimum atomic E-state index is -0.682. The van der Waals surface area contributed by atoms with Crippen molar-refractivity contribution in [3.8, 4) is 0 Å². The van der Waals surface area contributed by atoms with Crippen LogP contribution in [-0.2, 0) is 23.4 Å². The van der Waals surface area contributed by atoms with Crippen LogP contribution in [0.3, 0.4) is 0 Å². The fourth-order valence-corrected chi connectivity index (χ4v) is 0.526. The molecular weight excluding hydrogens is 179 g/mol. The first kappa shape index (κ1) is 17.2. The number of unbranched alkanes of at least 4 members (excludes halogenated alkanes) is 2. The molecule has 0 aromatic heterocycles. The fraction of sp³-hybridized carbons (Fsp3) is 0.750. The molecule has 0 amide bonds. The van der Waals surface area contributed by atoms with E-state index in [0.717, 1.165) is 19.3 Å². The van der Waals surface area contributed by atoms with E-state index in [1.807, 2.05) is 0 Å². The molecule has 0 aliphatic heterocycles. The van der Waals surface area contributed by atoms with Crippen molar-refractivity contribution in [3.05, 3.63) is 6.92 Å². The van der Waals surface area contributed by atoms with E-state index < -0.39 is 5.97 Å². The van der Waals surface area contributed by atoms with Gasteiger partial charge in [0.05, 0.1) is 0 Å². The van der Waals surface area contributed by atoms with Gasteiger partial charge in [0.1, 0.15) is 0 Å². The van der Waals surface area contributed by atoms with Gasteiger partial charge in [-0.25, -0.2) is 0 Å². The van der Waals surface area contributed by atoms with Crippen LogP contribution in [0.25, 0.3) is 0 Å². The third-order valence-corrected chi connectivity index (χ3v) is 0.994. The first-order valence-electron chi connectivity index (χ1n) is 3.70. The van der Waals surface area contributed by atoms with Crippen LogP contribution in [0.5, 0.6) is 0 Å². The number of rotatable bonds is 4. The number of carbonyl (C=O) groups is 1. The number of hydrogen-bond acceptors (Lipinski definition) is 1. The molecule has 2 nitrogen and oxygen atoms in total. The van der Waals surface area contributed by atoms with Crippen LogP contribution in [-0.4, -0.2) is 11.1 Å². The molecule has 0 heterocycles. The summed E-state index contributed by atoms with van der Waals surface area (Å²) in [6.45, 7) is 7.06. The fourth-order valence-electron chi connectivity index (χ4n) is 0.526. The molecule has 0 saturated heterocycles. The van der Waals surface area contributed by atoms with Crippen molar-refractivity contribution in [2.24, 2.45) is 0 Å². The van der Waals surface area contributed by atoms with Gasteiger partial charge in [0.25, 0.3) is 0 Å². The Balaban J connectivity index is -0.000000196. The Bertz CT molecular complexity index is 74.5. The Hall–Kier alpha value is 0.0544. The zero-order valence-corrected chi connectivity index (χ0v) is 8.73. The monoisotopic (exact) mass is 196 g/mol. The van der Waals surface area contributed by atoms with Crippen molar-refractivity contribution in [2.45, 2.75) is 39.5 Å². The van der Waals surface area contributed by atoms with E-state index in [-0.39, 0.29) is 18.6 Å². The maximum atomic E-state index is 9.87. The van der Waals surface area contributed by atoms with Crippen molar-refractivity contribution >= 4 is 5.97 Å². The summed E-state index contributed by atoms with van der Waals surface area (Å²) >= 11 is 0. The summed E-state index contributed by atoms with van der Waals surface area (Å²) in [6.07, 6.45) is 3.28. The quantitative estimate of drug-likeness (QED) is 0.554. The number of hydrogen-bond donors (Lipinski definition) is 1. The Morgan fingerprint density at radius 3 is 2.09 bits per heavy atom. The van der Waals surface area contributed by atoms with Gasteiger partial charge in [-0.2, -0.15) is 6.92 Å². The van der Waals surface area contributed by atoms with E-state index in [4.69, 9.17) is 5.11 Å². The van der Waals surface area contributed by atoms with Gasteiger partial charge in [0.2, 0.25) is 0 Å². The van der Waals surface area contributed by atoms with E-state index in [2.05, 4.69) is 13.8 Å². The average molecular weight is 196 g/mol. The first-order valence-corrected chi connectivity index (χ1v) is 3.70. The van der Waals surface area contributed by atoms with Gasteiger partial charge < -0.3 is 12.0 Å². The van der Waals surface area contributed by atoms with Crippen LogP contribution < -0.4 is 0 Å². The molecule has 67 valence electrons. The van der Waals surface area contributed by atoms with E-state index in [9.17, 15) is 4.79 Å². The standard InChI is InChI=1S/C6H12O2.C2H5.V/c1-2-3-4-5-6(7)8;1-2;/h2-5H2,1H3,(H,7,8);1H2,2H3;/q;-1;. The van der Waals surface area contributed by atoms with Crippen LogP contribution in [0, 0.1) is 6.92 Å². The molecule has 1 N–H and O–H groups in total. The van der Waals surface area contributed by atoms with Gasteiger partial charge in [-0.05, 0) is 6.42 Å². The van der Waals surface area contributed by atoms with Crippen molar-refractivity contribution in [2.75, 3.05) is 0 Å². The van der Waals surface area contributed by atoms with Crippen molar-refractivity contribution in [1.29, 1.82) is 0 Å². The molecule has 0 aromatic carbocycles. The van der Waals surface area contributed by atoms with Crippen LogP contribution >= 0.6 is 0 Å². The molecule has 0 rings (SSSR count). The summed E-state index contributed by atoms with van der Waals surface area (Å²) in [4.78, 5) is 9.87. The summed E-state index contributed by atoms with van der Waals surface area (Å²) in [5.74, 6) is -0.682. The molecule has 11 heavy (non-hydrogen) atoms. The Kier molecular flexibility index (Phi) is 25.9. The topological polar surface area (TPSA) is 37.3 Å². The molecular formula is C8H17O2V-. The first-order chi connectivity index (χ1) is 4.77. The predicted octanol–water partition coefficient (Wildman–Crippen LogP) is 2.49. The van der Waals surface area contributed by atoms with E-state index >= 15 is 0 Å². The SMILES string of the molecule is CCCCCC(=O)O.[CH2-]C.[V]. The van der Waals surface area contributed by atoms with Crippen LogP contribution in [0.2, 0.25) is 0 Å². The maximum absolute atomic E-state index is 9.87. The van der Waals surface area contributed by atoms with E-state index in [0.29, 0.717) is 6.42 Å². The van der Waals surface area contributed by atoms with Crippen molar-refractivity contribution < 1.29 is 28.5 Å². The molecule has 0 aliphatic carbocycles. The zero-order valence-electron chi connectivity index (χ0n) is 7.34. The molecule has 0 aliphatic rings. The minimum absolute atomic E-state index is 0. The molecule has 0 atom stereocenters. The van der Waals surface area contributed by atoms with Gasteiger partial charge >= 0.3 is 5.97 Å². The third-order valence-electron chi connectivity index (χ3n) is 0.994. The second-order valence-corrected chi connectivity index (χ2v) is 1.85. The zero-order chi connectivity index (χ0) is 8.41. The second-order valence-electron chi connectivity index (χ2n) is 1.85. The van der Waals surface area contributed by atoms with Gasteiger partial charge in [-0.3, -0.25) is 4.79 Å². The minimum Gasteiger partial charge on any atom is -0.481 e. The van der Waals surface area contributed by atoms with Crippen LogP contribution in [0.1, 0.15) is 39.5 Å². The predicted molar refractivity (Wildman–Crippen MR) is 42.8 cm³/mol. The van der Waals surface area contributed by atoms with Crippen LogP contribution in [0.4, 0.5) is 0 Å². The number of aliphatic carboxylic acids is 1. The van der Waals surface area contributed by atoms with Gasteiger partial charge in [0, 0.05) is 25.0 Å². The number of carboxylic acids is 1. The van der Waals surface area contributed by atoms with Gasteiger partial charge in [-0.15, -0.1) is 0 Å². The normalized spacial score (nSPS) is 7.18. The van der Waals surface area contributed by atoms with Crippen molar-refractivity contribution in [1.82, 2.24) is 0 Å². The third kappa shape index (κ3) is 25.5. The molecule has 1 radical (unpaired) electrons. The summed E-state index contributed by atoms with van der Waals surface area (Å²) < 4.78 is 0.